The molecule has 26 nitrogen and oxygen atoms in total. The third-order valence-corrected chi connectivity index (χ3v) is 28.8. The number of para-hydroxylation sites is 2. The number of ketones is 3. The van der Waals surface area contributed by atoms with Crippen molar-refractivity contribution in [2.45, 2.75) is 355 Å². The first-order valence-corrected chi connectivity index (χ1v) is 48.4. The molecule has 0 bridgehead atoms. The fraction of sp³-hybridized carbons (Fsp3) is 0.690. The molecule has 7 N–H and O–H groups in total. The van der Waals surface area contributed by atoms with Crippen LogP contribution in [0.25, 0.3) is 0 Å². The van der Waals surface area contributed by atoms with E-state index in [9.17, 15) is 54.0 Å². The van der Waals surface area contributed by atoms with Gasteiger partial charge in [0, 0.05) is 117 Å². The fourth-order valence-corrected chi connectivity index (χ4v) is 21.4. The van der Waals surface area contributed by atoms with Crippen LogP contribution in [0.3, 0.4) is 0 Å². The number of aliphatic hydroxyl groups excluding tert-OH is 3. The summed E-state index contributed by atoms with van der Waals surface area (Å²) in [6, 6.07) is 15.5. The zero-order valence-electron chi connectivity index (χ0n) is 77.6. The molecule has 0 unspecified atom stereocenters. The van der Waals surface area contributed by atoms with Gasteiger partial charge < -0.3 is 70.0 Å². The van der Waals surface area contributed by atoms with E-state index in [1.54, 1.807) is 26.8 Å². The molecule has 0 radical (unpaired) electrons. The number of carbonyl (C=O) groups excluding carboxylic acids is 6. The Labute approximate surface area is 765 Å². The number of aromatic nitrogens is 8. The molecule has 11 aliphatic rings. The van der Waals surface area contributed by atoms with E-state index in [0.29, 0.717) is 95.6 Å². The number of amides is 2. The predicted molar refractivity (Wildman–Crippen MR) is 483 cm³/mol. The van der Waals surface area contributed by atoms with Gasteiger partial charge in [-0.05, 0) is 363 Å². The first kappa shape index (κ1) is 101. The van der Waals surface area contributed by atoms with Crippen LogP contribution in [0.5, 0.6) is 11.5 Å². The van der Waals surface area contributed by atoms with Gasteiger partial charge in [-0.1, -0.05) is 36.4 Å². The van der Waals surface area contributed by atoms with Gasteiger partial charge in [0.2, 0.25) is 0 Å². The molecule has 17 rings (SSSR count). The predicted octanol–water partition coefficient (Wildman–Crippen LogP) is 12.7. The van der Waals surface area contributed by atoms with Crippen LogP contribution in [0, 0.1) is 55.3 Å². The number of benzene rings is 2. The minimum Gasteiger partial charge on any atom is -0.870 e. The molecule has 3 saturated heterocycles. The van der Waals surface area contributed by atoms with Gasteiger partial charge in [0.1, 0.15) is 28.8 Å². The number of carboxylic acid groups (broad SMARTS) is 1. The fourth-order valence-electron chi connectivity index (χ4n) is 21.4. The van der Waals surface area contributed by atoms with E-state index in [1.165, 1.54) is 59.5 Å². The van der Waals surface area contributed by atoms with Crippen LogP contribution < -0.4 is 28.9 Å². The number of ether oxygens (including phenoxy) is 2. The summed E-state index contributed by atoms with van der Waals surface area (Å²) in [5, 5.41) is 68.7. The molecule has 27 heteroatoms. The van der Waals surface area contributed by atoms with E-state index >= 15 is 0 Å². The number of aryl methyl sites for hydroxylation is 6. The van der Waals surface area contributed by atoms with Crippen molar-refractivity contribution in [1.82, 2.24) is 54.2 Å². The SMILES string of the molecule is CC(=O)CC1CCN(C(=O)c2nn(CCC3CCC(O)CC3)c3c2CCC3)CC1.CC(=O)CC1CCN(C(=O)c2nn(CCC3CCC(Oc4ccccc4C)CC3)c3c2CCC3)CC1.CC(=O)CC1CCNCC1.CCOC(=O)c1nn(CCC2CCC(O)CC2)c2c1CCC2.Cc1ccccc1O.O=C(O)c1nn(CCC2CCC(O)CC2)c2c1CCC2.[Li+].[OH-]. The molecule has 8 aliphatic carbocycles. The molecule has 2 aromatic carbocycles. The zero-order valence-corrected chi connectivity index (χ0v) is 77.6. The Morgan fingerprint density at radius 3 is 1.07 bits per heavy atom. The Morgan fingerprint density at radius 1 is 0.409 bits per heavy atom. The summed E-state index contributed by atoms with van der Waals surface area (Å²) in [6.07, 6.45) is 41.3. The van der Waals surface area contributed by atoms with Crippen molar-refractivity contribution < 1.29 is 92.9 Å². The second-order valence-corrected chi connectivity index (χ2v) is 38.3. The Bertz CT molecular complexity index is 4470. The first-order chi connectivity index (χ1) is 60.4. The van der Waals surface area contributed by atoms with E-state index in [1.807, 2.05) is 57.3 Å². The van der Waals surface area contributed by atoms with E-state index in [2.05, 4.69) is 50.0 Å². The number of Topliss-reactive ketones (excluding diaryl/α,β-unsaturated/α-hetero) is 3. The summed E-state index contributed by atoms with van der Waals surface area (Å²) in [5.74, 6) is 5.44. The average Bonchev–Trinajstić information content (AvgIpc) is 1.64. The Hall–Kier alpha value is -7.83. The maximum atomic E-state index is 13.4. The molecule has 694 valence electrons. The summed E-state index contributed by atoms with van der Waals surface area (Å²) in [6.45, 7) is 19.8. The summed E-state index contributed by atoms with van der Waals surface area (Å²) in [7, 11) is 0. The van der Waals surface area contributed by atoms with Gasteiger partial charge >= 0.3 is 30.8 Å². The number of phenols is 1. The number of fused-ring (bicyclic) bond motifs is 4. The van der Waals surface area contributed by atoms with Crippen molar-refractivity contribution in [2.24, 2.45) is 41.4 Å². The number of aromatic carboxylic acids is 1. The number of phenolic OH excluding ortho intramolecular Hbond substituents is 1. The molecule has 7 heterocycles. The summed E-state index contributed by atoms with van der Waals surface area (Å²) < 4.78 is 19.7. The number of aliphatic hydroxyl groups is 3. The smallest absolute Gasteiger partial charge is 0.870 e. The number of carbonyl (C=O) groups is 7. The number of hydrogen-bond donors (Lipinski definition) is 6. The standard InChI is InChI=1S/C30H41N3O3.C23H35N3O3.C17H26N2O3.C15H22N2O3.C8H15NO.C7H8O.Li.H2O/c1-21-6-3-4-9-28(21)36-25-12-10-23(11-13-25)16-19-33-27-8-5-7-26(27)29(31-33)30(35)32-17-14-24(15-18-32)20-22(2)34;1-16(27)15-18-9-12-25(13-10-18)23(29)22-20-3-2-4-21(20)26(24-22)14-11-17-5-7-19(28)8-6-17;1-2-22-17(21)16-14-4-3-5-15(14)19(18-16)11-10-12-6-8-13(20)9-7-12;18-11-6-4-10(5-7-11)8-9-17-13-3-1-2-12(13)14(16-17)15(19)20;1-7(10)6-8-2-4-9-5-3-8;1-6-4-2-3-5-7(6)8;;/h3-4,6,9,23-25H,5,7-8,10-20H2,1-2H3;17-19,28H,2-15H2,1H3;12-13,20H,2-11H2,1H3;10-11,18H,1-9H2,(H,19,20);8-9H,2-6H2,1H3;2-5,8H,1H3;;1H2/q;;;;;;+1;/p-1. The van der Waals surface area contributed by atoms with Crippen LogP contribution in [-0.4, -0.2) is 191 Å². The Morgan fingerprint density at radius 2 is 0.732 bits per heavy atom. The number of carboxylic acids is 1. The third-order valence-electron chi connectivity index (χ3n) is 28.8. The van der Waals surface area contributed by atoms with Crippen molar-refractivity contribution in [3.63, 3.8) is 0 Å². The van der Waals surface area contributed by atoms with Crippen molar-refractivity contribution >= 4 is 41.1 Å². The Kier molecular flexibility index (Phi) is 40.3. The van der Waals surface area contributed by atoms with Crippen LogP contribution in [0.15, 0.2) is 48.5 Å². The molecule has 4 aromatic heterocycles. The van der Waals surface area contributed by atoms with Gasteiger partial charge in [0.25, 0.3) is 11.8 Å². The number of hydrogen-bond acceptors (Lipinski definition) is 19. The number of rotatable bonds is 25. The molecule has 0 spiro atoms. The maximum absolute atomic E-state index is 13.4. The number of esters is 1. The number of nitrogens with zero attached hydrogens (tertiary/aromatic N) is 10. The van der Waals surface area contributed by atoms with Gasteiger partial charge in [-0.3, -0.25) is 28.3 Å². The Balaban J connectivity index is 0.000000167. The van der Waals surface area contributed by atoms with Gasteiger partial charge in [-0.25, -0.2) is 9.59 Å². The van der Waals surface area contributed by atoms with Gasteiger partial charge in [0.05, 0.1) is 31.0 Å². The molecular formula is C100H148LiN11O15. The van der Waals surface area contributed by atoms with Gasteiger partial charge in [-0.2, -0.15) is 20.4 Å². The zero-order chi connectivity index (χ0) is 88.5. The average molecular weight is 1750 g/mol. The van der Waals surface area contributed by atoms with Gasteiger partial charge in [-0.15, -0.1) is 0 Å². The molecule has 2 amide bonds. The molecule has 3 aliphatic heterocycles. The van der Waals surface area contributed by atoms with Crippen LogP contribution in [-0.2, 0) is 96.7 Å². The maximum Gasteiger partial charge on any atom is 1.00 e. The summed E-state index contributed by atoms with van der Waals surface area (Å²) >= 11 is 0. The van der Waals surface area contributed by atoms with E-state index in [0.717, 1.165) is 318 Å². The number of piperidine rings is 3. The van der Waals surface area contributed by atoms with E-state index in [4.69, 9.17) is 24.8 Å². The molecule has 127 heavy (non-hydrogen) atoms. The van der Waals surface area contributed by atoms with E-state index in [-0.39, 0.29) is 77.7 Å². The van der Waals surface area contributed by atoms with Gasteiger partial charge in [0.15, 0.2) is 22.8 Å². The summed E-state index contributed by atoms with van der Waals surface area (Å²) in [4.78, 5) is 87.3. The van der Waals surface area contributed by atoms with Crippen LogP contribution in [0.4, 0.5) is 0 Å². The second-order valence-electron chi connectivity index (χ2n) is 38.3. The molecule has 4 saturated carbocycles. The van der Waals surface area contributed by atoms with Crippen LogP contribution >= 0.6 is 0 Å². The summed E-state index contributed by atoms with van der Waals surface area (Å²) in [5.41, 5.74) is 13.7. The van der Waals surface area contributed by atoms with Crippen LogP contribution in [0.1, 0.15) is 338 Å². The van der Waals surface area contributed by atoms with Crippen molar-refractivity contribution in [3.05, 3.63) is 127 Å². The first-order valence-electron chi connectivity index (χ1n) is 48.4. The van der Waals surface area contributed by atoms with E-state index < -0.39 is 5.97 Å². The van der Waals surface area contributed by atoms with Crippen molar-refractivity contribution in [2.75, 3.05) is 45.9 Å². The number of nitrogens with one attached hydrogen (secondary N) is 1. The molecule has 0 atom stereocenters. The molecule has 7 fully saturated rings. The topological polar surface area (TPSA) is 359 Å². The monoisotopic (exact) mass is 1750 g/mol. The normalized spacial score (nSPS) is 22.6. The number of likely N-dealkylation sites (tertiary alicyclic amines) is 2. The third kappa shape index (κ3) is 29.3. The quantitative estimate of drug-likeness (QED) is 0.0229. The molecular weight excluding hydrogens is 1600 g/mol. The molecule has 6 aromatic rings. The number of aromatic hydroxyl groups is 1. The minimum atomic E-state index is -0.900. The minimum absolute atomic E-state index is 0. The largest absolute Gasteiger partial charge is 1.00 e. The van der Waals surface area contributed by atoms with Crippen LogP contribution in [0.2, 0.25) is 0 Å². The van der Waals surface area contributed by atoms with Crippen molar-refractivity contribution in [1.29, 1.82) is 0 Å². The van der Waals surface area contributed by atoms with Crippen molar-refractivity contribution in [3.8, 4) is 11.5 Å². The second kappa shape index (κ2) is 50.5.